The van der Waals surface area contributed by atoms with Gasteiger partial charge in [0.1, 0.15) is 5.82 Å². The van der Waals surface area contributed by atoms with Gasteiger partial charge in [-0.15, -0.1) is 0 Å². The average molecular weight is 446 g/mol. The SMILES string of the molecule is CCCCN(C(=O)CCC1CCCC1)C(C)c1nc2ccccc2c(=O)n1-c1ccccc1. The summed E-state index contributed by atoms with van der Waals surface area (Å²) >= 11 is 0. The minimum absolute atomic E-state index is 0.0949. The number of fused-ring (bicyclic) bond motifs is 1. The summed E-state index contributed by atoms with van der Waals surface area (Å²) in [4.78, 5) is 33.9. The van der Waals surface area contributed by atoms with Crippen molar-refractivity contribution in [3.63, 3.8) is 0 Å². The third-order valence-corrected chi connectivity index (χ3v) is 6.97. The summed E-state index contributed by atoms with van der Waals surface area (Å²) < 4.78 is 1.69. The van der Waals surface area contributed by atoms with Crippen LogP contribution in [0.5, 0.6) is 0 Å². The zero-order chi connectivity index (χ0) is 23.2. The van der Waals surface area contributed by atoms with Crippen LogP contribution >= 0.6 is 0 Å². The second kappa shape index (κ2) is 10.8. The predicted molar refractivity (Wildman–Crippen MR) is 134 cm³/mol. The van der Waals surface area contributed by atoms with Gasteiger partial charge in [0.15, 0.2) is 0 Å². The van der Waals surface area contributed by atoms with Crippen molar-refractivity contribution in [3.05, 3.63) is 70.8 Å². The minimum Gasteiger partial charge on any atom is -0.333 e. The number of unbranched alkanes of at least 4 members (excludes halogenated alkanes) is 1. The third-order valence-electron chi connectivity index (χ3n) is 6.97. The molecular weight excluding hydrogens is 410 g/mol. The van der Waals surface area contributed by atoms with Gasteiger partial charge in [0.2, 0.25) is 5.91 Å². The van der Waals surface area contributed by atoms with E-state index in [0.29, 0.717) is 35.6 Å². The largest absolute Gasteiger partial charge is 0.333 e. The number of nitrogens with zero attached hydrogens (tertiary/aromatic N) is 3. The molecule has 1 heterocycles. The number of hydrogen-bond donors (Lipinski definition) is 0. The zero-order valence-electron chi connectivity index (χ0n) is 19.9. The maximum absolute atomic E-state index is 13.6. The Balaban J connectivity index is 1.73. The molecule has 0 N–H and O–H groups in total. The zero-order valence-corrected chi connectivity index (χ0v) is 19.9. The van der Waals surface area contributed by atoms with Crippen LogP contribution in [0.25, 0.3) is 16.6 Å². The molecule has 1 aromatic heterocycles. The van der Waals surface area contributed by atoms with E-state index in [9.17, 15) is 9.59 Å². The number of benzene rings is 2. The van der Waals surface area contributed by atoms with Crippen LogP contribution in [0.15, 0.2) is 59.4 Å². The molecule has 0 radical (unpaired) electrons. The fraction of sp³-hybridized carbons (Fsp3) is 0.464. The average Bonchev–Trinajstić information content (AvgIpc) is 3.37. The standard InChI is InChI=1S/C28H35N3O2/c1-3-4-20-30(26(32)19-18-22-12-8-9-13-22)21(2)27-29-25-17-11-10-16-24(25)28(33)31(27)23-14-6-5-7-15-23/h5-7,10-11,14-17,21-22H,3-4,8-9,12-13,18-20H2,1-2H3. The molecule has 1 atom stereocenters. The molecule has 1 fully saturated rings. The molecule has 0 saturated heterocycles. The van der Waals surface area contributed by atoms with Crippen LogP contribution in [-0.2, 0) is 4.79 Å². The topological polar surface area (TPSA) is 55.2 Å². The van der Waals surface area contributed by atoms with Gasteiger partial charge in [0.05, 0.1) is 22.6 Å². The Morgan fingerprint density at radius 1 is 1.09 bits per heavy atom. The van der Waals surface area contributed by atoms with E-state index in [0.717, 1.165) is 24.9 Å². The van der Waals surface area contributed by atoms with Crippen molar-refractivity contribution < 1.29 is 4.79 Å². The van der Waals surface area contributed by atoms with Crippen molar-refractivity contribution in [1.82, 2.24) is 14.5 Å². The van der Waals surface area contributed by atoms with Crippen molar-refractivity contribution in [3.8, 4) is 5.69 Å². The monoisotopic (exact) mass is 445 g/mol. The van der Waals surface area contributed by atoms with Gasteiger partial charge >= 0.3 is 0 Å². The Labute approximate surface area is 196 Å². The van der Waals surface area contributed by atoms with Crippen molar-refractivity contribution in [1.29, 1.82) is 0 Å². The summed E-state index contributed by atoms with van der Waals surface area (Å²) in [5, 5.41) is 0.588. The molecule has 4 rings (SSSR count). The van der Waals surface area contributed by atoms with Crippen LogP contribution in [-0.4, -0.2) is 26.9 Å². The molecule has 1 aliphatic carbocycles. The van der Waals surface area contributed by atoms with Gasteiger partial charge in [-0.1, -0.05) is 69.4 Å². The molecular formula is C28H35N3O2. The third kappa shape index (κ3) is 5.18. The van der Waals surface area contributed by atoms with Gasteiger partial charge in [-0.05, 0) is 49.9 Å². The van der Waals surface area contributed by atoms with Crippen molar-refractivity contribution in [2.45, 2.75) is 71.3 Å². The van der Waals surface area contributed by atoms with Gasteiger partial charge in [-0.3, -0.25) is 14.2 Å². The lowest BCUT2D eigenvalue weighted by molar-refractivity contribution is -0.134. The highest BCUT2D eigenvalue weighted by atomic mass is 16.2. The van der Waals surface area contributed by atoms with Crippen molar-refractivity contribution >= 4 is 16.8 Å². The predicted octanol–water partition coefficient (Wildman–Crippen LogP) is 6.05. The molecule has 0 aliphatic heterocycles. The summed E-state index contributed by atoms with van der Waals surface area (Å²) in [6.07, 6.45) is 8.55. The molecule has 1 saturated carbocycles. The molecule has 1 unspecified atom stereocenters. The highest BCUT2D eigenvalue weighted by Crippen LogP contribution is 2.30. The molecule has 0 spiro atoms. The van der Waals surface area contributed by atoms with E-state index in [1.165, 1.54) is 25.7 Å². The normalized spacial score (nSPS) is 15.1. The first-order valence-electron chi connectivity index (χ1n) is 12.5. The van der Waals surface area contributed by atoms with Gasteiger partial charge in [-0.2, -0.15) is 0 Å². The van der Waals surface area contributed by atoms with Crippen LogP contribution in [0, 0.1) is 5.92 Å². The second-order valence-electron chi connectivity index (χ2n) is 9.27. The smallest absolute Gasteiger partial charge is 0.266 e. The van der Waals surface area contributed by atoms with Crippen LogP contribution < -0.4 is 5.56 Å². The first kappa shape index (κ1) is 23.2. The van der Waals surface area contributed by atoms with E-state index >= 15 is 0 Å². The lowest BCUT2D eigenvalue weighted by Gasteiger charge is -2.31. The Hall–Kier alpha value is -2.95. The minimum atomic E-state index is -0.301. The van der Waals surface area contributed by atoms with E-state index in [4.69, 9.17) is 4.98 Å². The van der Waals surface area contributed by atoms with E-state index in [-0.39, 0.29) is 17.5 Å². The number of aromatic nitrogens is 2. The second-order valence-corrected chi connectivity index (χ2v) is 9.27. The number of carbonyl (C=O) groups is 1. The van der Waals surface area contributed by atoms with E-state index in [1.54, 1.807) is 4.57 Å². The van der Waals surface area contributed by atoms with Gasteiger partial charge in [0, 0.05) is 13.0 Å². The Bertz CT molecular complexity index is 1130. The highest BCUT2D eigenvalue weighted by Gasteiger charge is 2.27. The Morgan fingerprint density at radius 3 is 2.52 bits per heavy atom. The molecule has 5 nitrogen and oxygen atoms in total. The lowest BCUT2D eigenvalue weighted by atomic mass is 10.0. The fourth-order valence-corrected chi connectivity index (χ4v) is 5.03. The fourth-order valence-electron chi connectivity index (χ4n) is 5.03. The van der Waals surface area contributed by atoms with Gasteiger partial charge in [-0.25, -0.2) is 4.98 Å². The summed E-state index contributed by atoms with van der Waals surface area (Å²) in [7, 11) is 0. The number of rotatable bonds is 9. The summed E-state index contributed by atoms with van der Waals surface area (Å²) in [5.74, 6) is 1.47. The number of carbonyl (C=O) groups excluding carboxylic acids is 1. The first-order valence-corrected chi connectivity index (χ1v) is 12.5. The Morgan fingerprint density at radius 2 is 1.79 bits per heavy atom. The quantitative estimate of drug-likeness (QED) is 0.403. The maximum Gasteiger partial charge on any atom is 0.266 e. The van der Waals surface area contributed by atoms with Crippen molar-refractivity contribution in [2.24, 2.45) is 5.92 Å². The molecule has 33 heavy (non-hydrogen) atoms. The summed E-state index contributed by atoms with van der Waals surface area (Å²) in [6.45, 7) is 4.83. The number of hydrogen-bond acceptors (Lipinski definition) is 3. The van der Waals surface area contributed by atoms with E-state index in [2.05, 4.69) is 6.92 Å². The van der Waals surface area contributed by atoms with Gasteiger partial charge < -0.3 is 4.90 Å². The van der Waals surface area contributed by atoms with Crippen LogP contribution in [0.1, 0.15) is 77.1 Å². The molecule has 174 valence electrons. The summed E-state index contributed by atoms with van der Waals surface area (Å²) in [6, 6.07) is 16.8. The van der Waals surface area contributed by atoms with E-state index < -0.39 is 0 Å². The molecule has 3 aromatic rings. The number of amides is 1. The van der Waals surface area contributed by atoms with Crippen LogP contribution in [0.3, 0.4) is 0 Å². The molecule has 1 amide bonds. The van der Waals surface area contributed by atoms with Crippen LogP contribution in [0.4, 0.5) is 0 Å². The number of para-hydroxylation sites is 2. The van der Waals surface area contributed by atoms with Crippen LogP contribution in [0.2, 0.25) is 0 Å². The molecule has 0 bridgehead atoms. The Kier molecular flexibility index (Phi) is 7.58. The first-order chi connectivity index (χ1) is 16.1. The lowest BCUT2D eigenvalue weighted by Crippen LogP contribution is -2.38. The van der Waals surface area contributed by atoms with Crippen molar-refractivity contribution in [2.75, 3.05) is 6.54 Å². The molecule has 2 aromatic carbocycles. The highest BCUT2D eigenvalue weighted by molar-refractivity contribution is 5.79. The molecule has 1 aliphatic rings. The maximum atomic E-state index is 13.6. The van der Waals surface area contributed by atoms with Gasteiger partial charge in [0.25, 0.3) is 5.56 Å². The molecule has 5 heteroatoms. The van der Waals surface area contributed by atoms with E-state index in [1.807, 2.05) is 66.4 Å². The summed E-state index contributed by atoms with van der Waals surface area (Å²) in [5.41, 5.74) is 1.35.